The maximum atomic E-state index is 5.86. The SMILES string of the molecule is CC=C(C=Cc1ccc(Cl)cc1)NOC[C@H](C)CN(C)C. The van der Waals surface area contributed by atoms with Crippen LogP contribution in [0.4, 0.5) is 0 Å². The number of nitrogens with one attached hydrogen (secondary N) is 1. The van der Waals surface area contributed by atoms with Crippen LogP contribution in [0.3, 0.4) is 0 Å². The highest BCUT2D eigenvalue weighted by atomic mass is 35.5. The monoisotopic (exact) mass is 308 g/mol. The summed E-state index contributed by atoms with van der Waals surface area (Å²) in [5.74, 6) is 0.478. The highest BCUT2D eigenvalue weighted by molar-refractivity contribution is 6.30. The van der Waals surface area contributed by atoms with Gasteiger partial charge in [0.05, 0.1) is 12.3 Å². The summed E-state index contributed by atoms with van der Waals surface area (Å²) in [6, 6.07) is 7.71. The first-order valence-corrected chi connectivity index (χ1v) is 7.51. The number of hydroxylamine groups is 1. The molecule has 0 heterocycles. The molecule has 0 fully saturated rings. The normalized spacial score (nSPS) is 13.9. The van der Waals surface area contributed by atoms with Crippen LogP contribution in [0.15, 0.2) is 42.1 Å². The Morgan fingerprint density at radius 2 is 2.00 bits per heavy atom. The van der Waals surface area contributed by atoms with Crippen molar-refractivity contribution in [1.82, 2.24) is 10.4 Å². The number of allylic oxidation sites excluding steroid dienone is 2. The van der Waals surface area contributed by atoms with Gasteiger partial charge in [0.15, 0.2) is 0 Å². The minimum atomic E-state index is 0.478. The highest BCUT2D eigenvalue weighted by Crippen LogP contribution is 2.11. The van der Waals surface area contributed by atoms with Gasteiger partial charge in [0.1, 0.15) is 0 Å². The number of hydrogen-bond acceptors (Lipinski definition) is 3. The summed E-state index contributed by atoms with van der Waals surface area (Å²) in [5, 5.41) is 0.745. The molecule has 0 aliphatic carbocycles. The molecule has 0 saturated heterocycles. The molecular formula is C17H25ClN2O. The molecule has 0 radical (unpaired) electrons. The fraction of sp³-hybridized carbons (Fsp3) is 0.412. The zero-order valence-corrected chi connectivity index (χ0v) is 14.0. The Hall–Kier alpha value is -1.29. The lowest BCUT2D eigenvalue weighted by molar-refractivity contribution is 0.0364. The molecule has 116 valence electrons. The van der Waals surface area contributed by atoms with Crippen LogP contribution >= 0.6 is 11.6 Å². The third-order valence-corrected chi connectivity index (χ3v) is 3.12. The van der Waals surface area contributed by atoms with Crippen molar-refractivity contribution in [3.05, 3.63) is 52.7 Å². The lowest BCUT2D eigenvalue weighted by Gasteiger charge is -2.17. The van der Waals surface area contributed by atoms with Gasteiger partial charge in [0, 0.05) is 11.6 Å². The lowest BCUT2D eigenvalue weighted by Crippen LogP contribution is -2.25. The van der Waals surface area contributed by atoms with Crippen molar-refractivity contribution in [3.63, 3.8) is 0 Å². The fourth-order valence-electron chi connectivity index (χ4n) is 1.89. The van der Waals surface area contributed by atoms with Gasteiger partial charge in [-0.1, -0.05) is 42.8 Å². The van der Waals surface area contributed by atoms with Gasteiger partial charge in [-0.05, 0) is 50.7 Å². The number of halogens is 1. The van der Waals surface area contributed by atoms with E-state index >= 15 is 0 Å². The zero-order valence-electron chi connectivity index (χ0n) is 13.3. The Morgan fingerprint density at radius 1 is 1.33 bits per heavy atom. The predicted molar refractivity (Wildman–Crippen MR) is 91.0 cm³/mol. The van der Waals surface area contributed by atoms with Crippen molar-refractivity contribution < 1.29 is 4.84 Å². The summed E-state index contributed by atoms with van der Waals surface area (Å²) < 4.78 is 0. The fourth-order valence-corrected chi connectivity index (χ4v) is 2.02. The smallest absolute Gasteiger partial charge is 0.0783 e. The molecule has 3 nitrogen and oxygen atoms in total. The topological polar surface area (TPSA) is 24.5 Å². The van der Waals surface area contributed by atoms with Crippen LogP contribution in [0.2, 0.25) is 5.02 Å². The molecule has 1 atom stereocenters. The Labute approximate surface area is 133 Å². The van der Waals surface area contributed by atoms with Crippen LogP contribution in [-0.4, -0.2) is 32.1 Å². The van der Waals surface area contributed by atoms with Gasteiger partial charge in [0.2, 0.25) is 0 Å². The summed E-state index contributed by atoms with van der Waals surface area (Å²) >= 11 is 5.86. The van der Waals surface area contributed by atoms with Crippen molar-refractivity contribution in [2.45, 2.75) is 13.8 Å². The molecule has 0 aliphatic heterocycles. The minimum absolute atomic E-state index is 0.478. The molecule has 0 aliphatic rings. The number of hydrogen-bond donors (Lipinski definition) is 1. The second-order valence-electron chi connectivity index (χ2n) is 5.41. The average molecular weight is 309 g/mol. The highest BCUT2D eigenvalue weighted by Gasteiger charge is 2.03. The largest absolute Gasteiger partial charge is 0.309 e. The van der Waals surface area contributed by atoms with Crippen molar-refractivity contribution in [1.29, 1.82) is 0 Å². The maximum Gasteiger partial charge on any atom is 0.0783 e. The van der Waals surface area contributed by atoms with Crippen LogP contribution in [0, 0.1) is 5.92 Å². The molecule has 1 rings (SSSR count). The van der Waals surface area contributed by atoms with E-state index in [2.05, 4.69) is 31.4 Å². The van der Waals surface area contributed by atoms with E-state index in [-0.39, 0.29) is 0 Å². The summed E-state index contributed by atoms with van der Waals surface area (Å²) in [5.41, 5.74) is 5.02. The van der Waals surface area contributed by atoms with Crippen molar-refractivity contribution in [3.8, 4) is 0 Å². The second kappa shape index (κ2) is 9.61. The second-order valence-corrected chi connectivity index (χ2v) is 5.85. The van der Waals surface area contributed by atoms with Gasteiger partial charge in [-0.25, -0.2) is 0 Å². The van der Waals surface area contributed by atoms with Crippen molar-refractivity contribution in [2.75, 3.05) is 27.2 Å². The first-order valence-electron chi connectivity index (χ1n) is 7.13. The molecule has 0 amide bonds. The van der Waals surface area contributed by atoms with E-state index in [0.717, 1.165) is 22.8 Å². The van der Waals surface area contributed by atoms with Gasteiger partial charge in [-0.15, -0.1) is 0 Å². The average Bonchev–Trinajstić information content (AvgIpc) is 2.43. The standard InChI is InChI=1S/C17H25ClN2O/c1-5-17(19-21-13-14(2)12-20(3)4)11-8-15-6-9-16(18)10-7-15/h5-11,14,19H,12-13H2,1-4H3/t14-/m1/s1. The van der Waals surface area contributed by atoms with Crippen molar-refractivity contribution in [2.24, 2.45) is 5.92 Å². The van der Waals surface area contributed by atoms with Crippen molar-refractivity contribution >= 4 is 17.7 Å². The lowest BCUT2D eigenvalue weighted by atomic mass is 10.2. The Bertz CT molecular complexity index is 466. The molecule has 1 aromatic rings. The van der Waals surface area contributed by atoms with Crippen LogP contribution < -0.4 is 5.48 Å². The summed E-state index contributed by atoms with van der Waals surface area (Å²) in [6.45, 7) is 5.82. The van der Waals surface area contributed by atoms with E-state index < -0.39 is 0 Å². The molecule has 0 unspecified atom stereocenters. The quantitative estimate of drug-likeness (QED) is 0.581. The Kier molecular flexibility index (Phi) is 8.13. The summed E-state index contributed by atoms with van der Waals surface area (Å²) in [4.78, 5) is 7.70. The maximum absolute atomic E-state index is 5.86. The molecular weight excluding hydrogens is 284 g/mol. The first kappa shape index (κ1) is 17.8. The molecule has 0 spiro atoms. The molecule has 1 N–H and O–H groups in total. The molecule has 21 heavy (non-hydrogen) atoms. The van der Waals surface area contributed by atoms with Crippen LogP contribution in [0.1, 0.15) is 19.4 Å². The Balaban J connectivity index is 2.40. The minimum Gasteiger partial charge on any atom is -0.309 e. The molecule has 0 aromatic heterocycles. The predicted octanol–water partition coefficient (Wildman–Crippen LogP) is 3.98. The van der Waals surface area contributed by atoms with Gasteiger partial charge < -0.3 is 4.90 Å². The van der Waals surface area contributed by atoms with E-state index in [1.165, 1.54) is 0 Å². The van der Waals surface area contributed by atoms with Gasteiger partial charge in [-0.2, -0.15) is 0 Å². The number of benzene rings is 1. The van der Waals surface area contributed by atoms with Gasteiger partial charge in [-0.3, -0.25) is 10.3 Å². The number of nitrogens with zero attached hydrogens (tertiary/aromatic N) is 1. The summed E-state index contributed by atoms with van der Waals surface area (Å²) in [6.07, 6.45) is 5.98. The van der Waals surface area contributed by atoms with Crippen LogP contribution in [-0.2, 0) is 4.84 Å². The van der Waals surface area contributed by atoms with Gasteiger partial charge in [0.25, 0.3) is 0 Å². The summed E-state index contributed by atoms with van der Waals surface area (Å²) in [7, 11) is 4.13. The molecule has 1 aromatic carbocycles. The Morgan fingerprint density at radius 3 is 2.57 bits per heavy atom. The molecule has 0 saturated carbocycles. The van der Waals surface area contributed by atoms with Crippen LogP contribution in [0.25, 0.3) is 6.08 Å². The first-order chi connectivity index (χ1) is 10.0. The van der Waals surface area contributed by atoms with E-state index in [1.54, 1.807) is 0 Å². The third-order valence-electron chi connectivity index (χ3n) is 2.87. The number of rotatable bonds is 8. The van der Waals surface area contributed by atoms with E-state index in [1.807, 2.05) is 49.4 Å². The van der Waals surface area contributed by atoms with E-state index in [0.29, 0.717) is 12.5 Å². The van der Waals surface area contributed by atoms with Crippen LogP contribution in [0.5, 0.6) is 0 Å². The van der Waals surface area contributed by atoms with Gasteiger partial charge >= 0.3 is 0 Å². The third kappa shape index (κ3) is 7.90. The zero-order chi connectivity index (χ0) is 15.7. The van der Waals surface area contributed by atoms with E-state index in [9.17, 15) is 0 Å². The molecule has 0 bridgehead atoms. The molecule has 4 heteroatoms. The van der Waals surface area contributed by atoms with E-state index in [4.69, 9.17) is 16.4 Å².